The van der Waals surface area contributed by atoms with Crippen LogP contribution < -0.4 is 0 Å². The molecule has 0 fully saturated rings. The third-order valence-electron chi connectivity index (χ3n) is 3.10. The summed E-state index contributed by atoms with van der Waals surface area (Å²) in [5, 5.41) is 0. The Labute approximate surface area is 117 Å². The molecular weight excluding hydrogens is 240 g/mol. The van der Waals surface area contributed by atoms with Crippen LogP contribution in [-0.4, -0.2) is 23.2 Å². The van der Waals surface area contributed by atoms with E-state index in [9.17, 15) is 0 Å². The van der Waals surface area contributed by atoms with Crippen LogP contribution in [0.1, 0.15) is 38.8 Å². The Bertz CT molecular complexity index is 393. The molecule has 0 saturated heterocycles. The van der Waals surface area contributed by atoms with Gasteiger partial charge < -0.3 is 4.81 Å². The fourth-order valence-corrected chi connectivity index (χ4v) is 2.75. The molecule has 18 heavy (non-hydrogen) atoms. The topological polar surface area (TPSA) is 3.24 Å². The van der Waals surface area contributed by atoms with Gasteiger partial charge in [0.25, 0.3) is 0 Å². The van der Waals surface area contributed by atoms with Crippen LogP contribution in [0.25, 0.3) is 6.08 Å². The molecule has 0 aromatic heterocycles. The van der Waals surface area contributed by atoms with E-state index in [2.05, 4.69) is 75.7 Å². The number of halogens is 1. The van der Waals surface area contributed by atoms with E-state index in [1.807, 2.05) is 0 Å². The van der Waals surface area contributed by atoms with Gasteiger partial charge in [-0.05, 0) is 30.1 Å². The van der Waals surface area contributed by atoms with Crippen LogP contribution in [0.4, 0.5) is 0 Å². The summed E-state index contributed by atoms with van der Waals surface area (Å²) in [5.41, 5.74) is 2.51. The molecule has 0 radical (unpaired) electrons. The Morgan fingerprint density at radius 1 is 1.11 bits per heavy atom. The lowest BCUT2D eigenvalue weighted by molar-refractivity contribution is 0.312. The van der Waals surface area contributed by atoms with Crippen LogP contribution in [0.2, 0.25) is 0 Å². The van der Waals surface area contributed by atoms with E-state index < -0.39 is 0 Å². The van der Waals surface area contributed by atoms with Gasteiger partial charge in [0.2, 0.25) is 0 Å². The first-order valence-corrected chi connectivity index (χ1v) is 7.02. The van der Waals surface area contributed by atoms with E-state index in [1.54, 1.807) is 0 Å². The summed E-state index contributed by atoms with van der Waals surface area (Å²) >= 11 is 6.48. The van der Waals surface area contributed by atoms with Crippen molar-refractivity contribution >= 4 is 23.8 Å². The maximum atomic E-state index is 6.48. The molecule has 0 aliphatic heterocycles. The third-order valence-corrected chi connectivity index (χ3v) is 3.47. The van der Waals surface area contributed by atoms with E-state index in [1.165, 1.54) is 11.1 Å². The summed E-state index contributed by atoms with van der Waals surface area (Å²) in [5.74, 6) is 2.07. The highest BCUT2D eigenvalue weighted by molar-refractivity contribution is 7.08. The standard InChI is InChI=1S/C15H23BClN/c1-12(2)18(13(3)4)16(17)11-10-15-9-7-6-8-14(15)5/h6-13H,1-5H3/b11-10+. The van der Waals surface area contributed by atoms with Gasteiger partial charge in [0.1, 0.15) is 0 Å². The normalized spacial score (nSPS) is 12.1. The van der Waals surface area contributed by atoms with Crippen molar-refractivity contribution in [1.82, 2.24) is 4.81 Å². The highest BCUT2D eigenvalue weighted by Gasteiger charge is 2.23. The molecule has 0 heterocycles. The molecule has 0 spiro atoms. The maximum absolute atomic E-state index is 6.48. The van der Waals surface area contributed by atoms with Gasteiger partial charge >= 0.3 is 6.26 Å². The van der Waals surface area contributed by atoms with E-state index in [-0.39, 0.29) is 6.26 Å². The van der Waals surface area contributed by atoms with Gasteiger partial charge in [-0.2, -0.15) is 11.5 Å². The maximum Gasteiger partial charge on any atom is 0.357 e. The molecule has 1 rings (SSSR count). The van der Waals surface area contributed by atoms with Crippen LogP contribution in [0.5, 0.6) is 0 Å². The van der Waals surface area contributed by atoms with Gasteiger partial charge in [0, 0.05) is 0 Å². The second-order valence-corrected chi connectivity index (χ2v) is 5.67. The number of nitrogens with zero attached hydrogens (tertiary/aromatic N) is 1. The van der Waals surface area contributed by atoms with Crippen molar-refractivity contribution in [3.63, 3.8) is 0 Å². The molecule has 1 aromatic rings. The molecule has 0 N–H and O–H groups in total. The largest absolute Gasteiger partial charge is 0.357 e. The molecule has 0 aliphatic carbocycles. The van der Waals surface area contributed by atoms with Crippen molar-refractivity contribution < 1.29 is 0 Å². The second-order valence-electron chi connectivity index (χ2n) is 5.22. The summed E-state index contributed by atoms with van der Waals surface area (Å²) in [7, 11) is 0. The monoisotopic (exact) mass is 263 g/mol. The molecular formula is C15H23BClN. The predicted molar refractivity (Wildman–Crippen MR) is 83.9 cm³/mol. The summed E-state index contributed by atoms with van der Waals surface area (Å²) in [6.07, 6.45) is 2.05. The first-order valence-electron chi connectivity index (χ1n) is 6.58. The SMILES string of the molecule is Cc1ccccc1/C=C/B(Cl)N(C(C)C)C(C)C. The molecule has 0 bridgehead atoms. The number of hydrogen-bond acceptors (Lipinski definition) is 1. The summed E-state index contributed by atoms with van der Waals surface area (Å²) in [4.78, 5) is 2.29. The summed E-state index contributed by atoms with van der Waals surface area (Å²) in [6, 6.07) is 9.22. The van der Waals surface area contributed by atoms with Crippen molar-refractivity contribution in [2.24, 2.45) is 0 Å². The van der Waals surface area contributed by atoms with Crippen molar-refractivity contribution in [1.29, 1.82) is 0 Å². The number of hydrogen-bond donors (Lipinski definition) is 0. The predicted octanol–water partition coefficient (Wildman–Crippen LogP) is 4.39. The minimum Gasteiger partial charge on any atom is -0.320 e. The Morgan fingerprint density at radius 3 is 2.17 bits per heavy atom. The summed E-state index contributed by atoms with van der Waals surface area (Å²) < 4.78 is 0. The van der Waals surface area contributed by atoms with Crippen molar-refractivity contribution in [3.05, 3.63) is 41.4 Å². The van der Waals surface area contributed by atoms with Crippen molar-refractivity contribution in [2.75, 3.05) is 0 Å². The lowest BCUT2D eigenvalue weighted by Crippen LogP contribution is -2.44. The van der Waals surface area contributed by atoms with Crippen LogP contribution in [0.15, 0.2) is 30.2 Å². The molecule has 1 aromatic carbocycles. The molecule has 0 atom stereocenters. The Balaban J connectivity index is 2.80. The van der Waals surface area contributed by atoms with Crippen LogP contribution in [0, 0.1) is 6.92 Å². The fourth-order valence-electron chi connectivity index (χ4n) is 2.22. The molecule has 0 unspecified atom stereocenters. The number of rotatable bonds is 5. The van der Waals surface area contributed by atoms with Gasteiger partial charge in [-0.25, -0.2) is 0 Å². The summed E-state index contributed by atoms with van der Waals surface area (Å²) in [6.45, 7) is 10.8. The molecule has 0 saturated carbocycles. The van der Waals surface area contributed by atoms with Crippen LogP contribution >= 0.6 is 11.5 Å². The Hall–Kier alpha value is -0.725. The van der Waals surface area contributed by atoms with E-state index in [0.29, 0.717) is 12.1 Å². The minimum absolute atomic E-state index is 0.0652. The lowest BCUT2D eigenvalue weighted by Gasteiger charge is -2.31. The lowest BCUT2D eigenvalue weighted by atomic mass is 9.84. The molecule has 98 valence electrons. The van der Waals surface area contributed by atoms with Gasteiger partial charge in [0.05, 0.1) is 0 Å². The zero-order chi connectivity index (χ0) is 13.7. The molecule has 0 aliphatic rings. The van der Waals surface area contributed by atoms with E-state index in [4.69, 9.17) is 11.5 Å². The van der Waals surface area contributed by atoms with Gasteiger partial charge in [-0.3, -0.25) is 0 Å². The first-order chi connectivity index (χ1) is 8.43. The zero-order valence-corrected chi connectivity index (χ0v) is 12.8. The molecule has 3 heteroatoms. The number of aryl methyl sites for hydroxylation is 1. The van der Waals surface area contributed by atoms with Gasteiger partial charge in [0.15, 0.2) is 0 Å². The van der Waals surface area contributed by atoms with Crippen LogP contribution in [-0.2, 0) is 0 Å². The average molecular weight is 264 g/mol. The van der Waals surface area contributed by atoms with E-state index in [0.717, 1.165) is 0 Å². The smallest absolute Gasteiger partial charge is 0.320 e. The molecule has 1 nitrogen and oxygen atoms in total. The molecule has 0 amide bonds. The Morgan fingerprint density at radius 2 is 1.67 bits per heavy atom. The van der Waals surface area contributed by atoms with Crippen LogP contribution in [0.3, 0.4) is 0 Å². The van der Waals surface area contributed by atoms with Crippen molar-refractivity contribution in [3.8, 4) is 0 Å². The highest BCUT2D eigenvalue weighted by atomic mass is 35.5. The second kappa shape index (κ2) is 7.01. The van der Waals surface area contributed by atoms with Gasteiger partial charge in [-0.15, -0.1) is 0 Å². The Kier molecular flexibility index (Phi) is 5.97. The van der Waals surface area contributed by atoms with Crippen molar-refractivity contribution in [2.45, 2.75) is 46.7 Å². The first kappa shape index (κ1) is 15.3. The highest BCUT2D eigenvalue weighted by Crippen LogP contribution is 2.15. The fraction of sp³-hybridized carbons (Fsp3) is 0.467. The average Bonchev–Trinajstić information content (AvgIpc) is 2.27. The number of benzene rings is 1. The van der Waals surface area contributed by atoms with Gasteiger partial charge in [-0.1, -0.05) is 64.0 Å². The minimum atomic E-state index is -0.0652. The zero-order valence-electron chi connectivity index (χ0n) is 12.0. The van der Waals surface area contributed by atoms with E-state index >= 15 is 0 Å². The third kappa shape index (κ3) is 4.18. The quantitative estimate of drug-likeness (QED) is 0.712.